The third kappa shape index (κ3) is 2.54. The summed E-state index contributed by atoms with van der Waals surface area (Å²) in [6.07, 6.45) is 2.71. The second-order valence-electron chi connectivity index (χ2n) is 4.74. The first-order valence-corrected chi connectivity index (χ1v) is 7.13. The first-order valence-electron chi connectivity index (χ1n) is 6.34. The number of nitro groups is 1. The number of rotatable bonds is 2. The molecule has 21 heavy (non-hydrogen) atoms. The number of nitrogens with one attached hydrogen (secondary N) is 1. The number of benzene rings is 1. The average molecular weight is 351 g/mol. The molecule has 8 heteroatoms. The molecule has 0 saturated carbocycles. The fourth-order valence-corrected chi connectivity index (χ4v) is 2.83. The van der Waals surface area contributed by atoms with Gasteiger partial charge < -0.3 is 15.4 Å². The Balaban J connectivity index is 1.92. The Hall–Kier alpha value is -2.22. The van der Waals surface area contributed by atoms with E-state index in [1.807, 2.05) is 24.3 Å². The van der Waals surface area contributed by atoms with Crippen LogP contribution in [0.1, 0.15) is 18.0 Å². The first kappa shape index (κ1) is 13.7. The van der Waals surface area contributed by atoms with Crippen molar-refractivity contribution in [2.75, 3.05) is 5.32 Å². The van der Waals surface area contributed by atoms with E-state index >= 15 is 0 Å². The first-order chi connectivity index (χ1) is 10.1. The number of carbonyl (C=O) groups excluding carboxylic acids is 1. The van der Waals surface area contributed by atoms with Crippen molar-refractivity contribution in [2.24, 2.45) is 0 Å². The van der Waals surface area contributed by atoms with E-state index in [0.717, 1.165) is 11.3 Å². The maximum absolute atomic E-state index is 12.3. The van der Waals surface area contributed by atoms with Crippen molar-refractivity contribution in [1.82, 2.24) is 9.78 Å². The highest BCUT2D eigenvalue weighted by Crippen LogP contribution is 2.29. The average Bonchev–Trinajstić information content (AvgIpc) is 2.74. The number of carbonyl (C=O) groups is 1. The monoisotopic (exact) mass is 350 g/mol. The van der Waals surface area contributed by atoms with Crippen LogP contribution < -0.4 is 5.32 Å². The number of hydrogen-bond acceptors (Lipinski definition) is 4. The largest absolute Gasteiger partial charge is 0.404 e. The van der Waals surface area contributed by atoms with E-state index in [9.17, 15) is 14.9 Å². The summed E-state index contributed by atoms with van der Waals surface area (Å²) in [6, 6.07) is 7.01. The predicted molar refractivity (Wildman–Crippen MR) is 79.0 cm³/mol. The fourth-order valence-electron chi connectivity index (χ4n) is 2.40. The third-order valence-electron chi connectivity index (χ3n) is 3.43. The van der Waals surface area contributed by atoms with Crippen molar-refractivity contribution >= 4 is 33.3 Å². The van der Waals surface area contributed by atoms with Crippen LogP contribution >= 0.6 is 15.9 Å². The Morgan fingerprint density at radius 1 is 1.43 bits per heavy atom. The number of halogens is 1. The zero-order valence-corrected chi connectivity index (χ0v) is 12.4. The Labute approximate surface area is 128 Å². The molecule has 0 bridgehead atoms. The highest BCUT2D eigenvalue weighted by Gasteiger charge is 2.30. The topological polar surface area (TPSA) is 90.1 Å². The molecule has 3 rings (SSSR count). The minimum Gasteiger partial charge on any atom is -0.358 e. The van der Waals surface area contributed by atoms with Crippen molar-refractivity contribution in [2.45, 2.75) is 18.9 Å². The van der Waals surface area contributed by atoms with Gasteiger partial charge in [-0.1, -0.05) is 18.2 Å². The van der Waals surface area contributed by atoms with E-state index in [-0.39, 0.29) is 16.2 Å². The van der Waals surface area contributed by atoms with Gasteiger partial charge in [0.1, 0.15) is 4.47 Å². The van der Waals surface area contributed by atoms with Crippen molar-refractivity contribution in [1.29, 1.82) is 0 Å². The smallest absolute Gasteiger partial charge is 0.358 e. The van der Waals surface area contributed by atoms with Crippen LogP contribution in [0, 0.1) is 10.1 Å². The number of fused-ring (bicyclic) bond motifs is 1. The van der Waals surface area contributed by atoms with Crippen LogP contribution in [0.25, 0.3) is 0 Å². The Kier molecular flexibility index (Phi) is 3.46. The van der Waals surface area contributed by atoms with Crippen LogP contribution in [0.3, 0.4) is 0 Å². The van der Waals surface area contributed by atoms with E-state index in [0.29, 0.717) is 12.8 Å². The van der Waals surface area contributed by atoms with Gasteiger partial charge in [0, 0.05) is 5.69 Å². The number of aryl methyl sites for hydroxylation is 1. The second-order valence-corrected chi connectivity index (χ2v) is 5.59. The number of nitrogens with zero attached hydrogens (tertiary/aromatic N) is 3. The van der Waals surface area contributed by atoms with E-state index in [1.165, 1.54) is 10.9 Å². The van der Waals surface area contributed by atoms with Gasteiger partial charge in [0.25, 0.3) is 5.91 Å². The summed E-state index contributed by atoms with van der Waals surface area (Å²) in [5.74, 6) is -0.505. The maximum atomic E-state index is 12.3. The number of aromatic nitrogens is 2. The van der Waals surface area contributed by atoms with E-state index in [1.54, 1.807) is 0 Å². The molecular weight excluding hydrogens is 340 g/mol. The lowest BCUT2D eigenvalue weighted by atomic mass is 10.1. The summed E-state index contributed by atoms with van der Waals surface area (Å²) in [4.78, 5) is 22.6. The van der Waals surface area contributed by atoms with Gasteiger partial charge in [0.05, 0.1) is 11.3 Å². The summed E-state index contributed by atoms with van der Waals surface area (Å²) in [7, 11) is 0. The Bertz CT molecular complexity index is 728. The van der Waals surface area contributed by atoms with Crippen molar-refractivity contribution in [3.05, 3.63) is 50.6 Å². The minimum atomic E-state index is -0.579. The predicted octanol–water partition coefficient (Wildman–Crippen LogP) is 2.68. The molecule has 0 radical (unpaired) electrons. The van der Waals surface area contributed by atoms with Crippen molar-refractivity contribution in [3.63, 3.8) is 0 Å². The van der Waals surface area contributed by atoms with E-state index in [4.69, 9.17) is 0 Å². The quantitative estimate of drug-likeness (QED) is 0.665. The van der Waals surface area contributed by atoms with E-state index < -0.39 is 11.0 Å². The summed E-state index contributed by atoms with van der Waals surface area (Å²) < 4.78 is 1.62. The summed E-state index contributed by atoms with van der Waals surface area (Å²) in [6.45, 7) is 0. The van der Waals surface area contributed by atoms with Crippen LogP contribution in [0.5, 0.6) is 0 Å². The molecule has 2 aromatic rings. The van der Waals surface area contributed by atoms with Crippen LogP contribution in [-0.2, 0) is 11.2 Å². The molecule has 1 aliphatic rings. The minimum absolute atomic E-state index is 0.218. The normalized spacial score (nSPS) is 17.8. The molecule has 1 aromatic carbocycles. The fraction of sp³-hybridized carbons (Fsp3) is 0.231. The van der Waals surface area contributed by atoms with Crippen molar-refractivity contribution in [3.8, 4) is 0 Å². The molecule has 1 unspecified atom stereocenters. The zero-order chi connectivity index (χ0) is 15.0. The molecule has 0 spiro atoms. The SMILES string of the molecule is O=C1Nc2ccccc2CCC1n1cc(Br)c([N+](=O)[O-])n1. The van der Waals surface area contributed by atoms with Crippen LogP contribution in [0.4, 0.5) is 11.5 Å². The summed E-state index contributed by atoms with van der Waals surface area (Å²) >= 11 is 3.10. The molecule has 0 saturated heterocycles. The van der Waals surface area contributed by atoms with Crippen molar-refractivity contribution < 1.29 is 9.72 Å². The lowest BCUT2D eigenvalue weighted by molar-refractivity contribution is -0.390. The molecule has 1 atom stereocenters. The highest BCUT2D eigenvalue weighted by atomic mass is 79.9. The van der Waals surface area contributed by atoms with Gasteiger partial charge in [-0.05, 0) is 45.3 Å². The van der Waals surface area contributed by atoms with Crippen LogP contribution in [0.2, 0.25) is 0 Å². The molecule has 108 valence electrons. The molecule has 0 fully saturated rings. The molecule has 7 nitrogen and oxygen atoms in total. The number of anilines is 1. The van der Waals surface area contributed by atoms with Gasteiger partial charge in [0.2, 0.25) is 0 Å². The molecule has 2 heterocycles. The third-order valence-corrected chi connectivity index (χ3v) is 3.99. The van der Waals surface area contributed by atoms with Gasteiger partial charge in [-0.3, -0.25) is 4.79 Å². The lowest BCUT2D eigenvalue weighted by Crippen LogP contribution is -2.25. The Morgan fingerprint density at radius 3 is 2.90 bits per heavy atom. The standard InChI is InChI=1S/C13H11BrN4O3/c14-9-7-17(16-12(9)18(20)21)11-6-5-8-3-1-2-4-10(8)15-13(11)19/h1-4,7,11H,5-6H2,(H,15,19). The maximum Gasteiger partial charge on any atom is 0.404 e. The van der Waals surface area contributed by atoms with Gasteiger partial charge in [0.15, 0.2) is 6.04 Å². The molecule has 1 aromatic heterocycles. The molecule has 1 amide bonds. The number of hydrogen-bond donors (Lipinski definition) is 1. The number of amides is 1. The summed E-state index contributed by atoms with van der Waals surface area (Å²) in [5, 5.41) is 17.6. The summed E-state index contributed by atoms with van der Waals surface area (Å²) in [5.41, 5.74) is 1.83. The molecule has 1 aliphatic heterocycles. The number of para-hydroxylation sites is 1. The van der Waals surface area contributed by atoms with Gasteiger partial charge in [-0.2, -0.15) is 4.68 Å². The van der Waals surface area contributed by atoms with E-state index in [2.05, 4.69) is 26.3 Å². The molecular formula is C13H11BrN4O3. The highest BCUT2D eigenvalue weighted by molar-refractivity contribution is 9.10. The van der Waals surface area contributed by atoms with Crippen LogP contribution in [0.15, 0.2) is 34.9 Å². The van der Waals surface area contributed by atoms with Crippen LogP contribution in [-0.4, -0.2) is 20.6 Å². The molecule has 0 aliphatic carbocycles. The lowest BCUT2D eigenvalue weighted by Gasteiger charge is -2.10. The second kappa shape index (κ2) is 5.28. The van der Waals surface area contributed by atoms with Gasteiger partial charge in [-0.15, -0.1) is 0 Å². The van der Waals surface area contributed by atoms with Gasteiger partial charge >= 0.3 is 5.82 Å². The Morgan fingerprint density at radius 2 is 2.19 bits per heavy atom. The van der Waals surface area contributed by atoms with Gasteiger partial charge in [-0.25, -0.2) is 0 Å². The molecule has 1 N–H and O–H groups in total. The zero-order valence-electron chi connectivity index (χ0n) is 10.8.